The molecular formula is C14H20N2O3. The van der Waals surface area contributed by atoms with Crippen LogP contribution in [0, 0.1) is 6.92 Å². The van der Waals surface area contributed by atoms with Gasteiger partial charge < -0.3 is 20.1 Å². The summed E-state index contributed by atoms with van der Waals surface area (Å²) >= 11 is 0. The van der Waals surface area contributed by atoms with Crippen LogP contribution < -0.4 is 5.32 Å². The van der Waals surface area contributed by atoms with Crippen molar-refractivity contribution in [1.82, 2.24) is 4.90 Å². The molecule has 5 nitrogen and oxygen atoms in total. The van der Waals surface area contributed by atoms with Gasteiger partial charge in [-0.25, -0.2) is 0 Å². The van der Waals surface area contributed by atoms with Gasteiger partial charge in [-0.2, -0.15) is 0 Å². The summed E-state index contributed by atoms with van der Waals surface area (Å²) in [6, 6.07) is 5.48. The van der Waals surface area contributed by atoms with Crippen molar-refractivity contribution in [2.75, 3.05) is 38.7 Å². The normalized spacial score (nSPS) is 19.3. The van der Waals surface area contributed by atoms with Crippen LogP contribution in [0.2, 0.25) is 0 Å². The van der Waals surface area contributed by atoms with Crippen molar-refractivity contribution < 1.29 is 14.6 Å². The largest absolute Gasteiger partial charge is 0.394 e. The monoisotopic (exact) mass is 264 g/mol. The molecule has 1 aliphatic rings. The Balaban J connectivity index is 2.29. The molecule has 2 N–H and O–H groups in total. The van der Waals surface area contributed by atoms with Crippen molar-refractivity contribution in [2.45, 2.75) is 13.0 Å². The average molecular weight is 264 g/mol. The number of carbonyl (C=O) groups is 1. The van der Waals surface area contributed by atoms with Gasteiger partial charge in [-0.15, -0.1) is 0 Å². The zero-order chi connectivity index (χ0) is 13.8. The van der Waals surface area contributed by atoms with E-state index in [4.69, 9.17) is 4.74 Å². The molecule has 1 saturated heterocycles. The van der Waals surface area contributed by atoms with Gasteiger partial charge in [-0.3, -0.25) is 4.79 Å². The highest BCUT2D eigenvalue weighted by molar-refractivity contribution is 6.00. The second kappa shape index (κ2) is 6.04. The smallest absolute Gasteiger partial charge is 0.256 e. The van der Waals surface area contributed by atoms with Crippen LogP contribution in [0.4, 0.5) is 5.69 Å². The highest BCUT2D eigenvalue weighted by Gasteiger charge is 2.28. The Hall–Kier alpha value is -1.59. The Labute approximate surface area is 113 Å². The molecule has 0 saturated carbocycles. The van der Waals surface area contributed by atoms with Gasteiger partial charge >= 0.3 is 0 Å². The first-order chi connectivity index (χ1) is 9.17. The Bertz CT molecular complexity index is 462. The van der Waals surface area contributed by atoms with E-state index in [-0.39, 0.29) is 18.6 Å². The van der Waals surface area contributed by atoms with E-state index in [0.717, 1.165) is 11.3 Å². The van der Waals surface area contributed by atoms with Crippen molar-refractivity contribution in [2.24, 2.45) is 0 Å². The molecule has 0 radical (unpaired) electrons. The molecule has 1 amide bonds. The number of aryl methyl sites for hydroxylation is 1. The lowest BCUT2D eigenvalue weighted by Crippen LogP contribution is -2.50. The van der Waals surface area contributed by atoms with E-state index >= 15 is 0 Å². The topological polar surface area (TPSA) is 61.8 Å². The number of hydrogen-bond donors (Lipinski definition) is 2. The van der Waals surface area contributed by atoms with Gasteiger partial charge in [0.15, 0.2) is 0 Å². The molecule has 0 aromatic heterocycles. The van der Waals surface area contributed by atoms with E-state index in [1.165, 1.54) is 0 Å². The summed E-state index contributed by atoms with van der Waals surface area (Å²) in [6.45, 7) is 3.30. The van der Waals surface area contributed by atoms with Crippen LogP contribution >= 0.6 is 0 Å². The minimum absolute atomic E-state index is 0.0598. The molecule has 1 heterocycles. The van der Waals surface area contributed by atoms with Crippen molar-refractivity contribution >= 4 is 11.6 Å². The minimum atomic E-state index is -0.258. The van der Waals surface area contributed by atoms with Gasteiger partial charge in [-0.05, 0) is 19.1 Å². The standard InChI is InChI=1S/C14H20N2O3/c1-10-3-4-13(15-2)12(7-10)14(18)16-5-6-19-9-11(16)8-17/h3-4,7,11,15,17H,5-6,8-9H2,1-2H3. The number of rotatable bonds is 3. The van der Waals surface area contributed by atoms with Crippen LogP contribution in [0.25, 0.3) is 0 Å². The number of nitrogens with one attached hydrogen (secondary N) is 1. The molecular weight excluding hydrogens is 244 g/mol. The predicted molar refractivity (Wildman–Crippen MR) is 73.5 cm³/mol. The van der Waals surface area contributed by atoms with Crippen LogP contribution in [0.1, 0.15) is 15.9 Å². The first-order valence-electron chi connectivity index (χ1n) is 6.45. The fourth-order valence-electron chi connectivity index (χ4n) is 2.28. The SMILES string of the molecule is CNc1ccc(C)cc1C(=O)N1CCOCC1CO. The van der Waals surface area contributed by atoms with Gasteiger partial charge in [0, 0.05) is 19.3 Å². The fourth-order valence-corrected chi connectivity index (χ4v) is 2.28. The zero-order valence-electron chi connectivity index (χ0n) is 11.3. The summed E-state index contributed by atoms with van der Waals surface area (Å²) in [4.78, 5) is 14.3. The van der Waals surface area contributed by atoms with Gasteiger partial charge in [0.05, 0.1) is 31.4 Å². The Morgan fingerprint density at radius 1 is 1.58 bits per heavy atom. The third kappa shape index (κ3) is 2.88. The minimum Gasteiger partial charge on any atom is -0.394 e. The highest BCUT2D eigenvalue weighted by atomic mass is 16.5. The number of amides is 1. The van der Waals surface area contributed by atoms with E-state index in [1.54, 1.807) is 11.9 Å². The third-order valence-electron chi connectivity index (χ3n) is 3.37. The van der Waals surface area contributed by atoms with E-state index < -0.39 is 0 Å². The average Bonchev–Trinajstić information content (AvgIpc) is 2.46. The highest BCUT2D eigenvalue weighted by Crippen LogP contribution is 2.21. The molecule has 1 atom stereocenters. The zero-order valence-corrected chi connectivity index (χ0v) is 11.3. The lowest BCUT2D eigenvalue weighted by atomic mass is 10.1. The third-order valence-corrected chi connectivity index (χ3v) is 3.37. The van der Waals surface area contributed by atoms with Crippen molar-refractivity contribution in [1.29, 1.82) is 0 Å². The van der Waals surface area contributed by atoms with Gasteiger partial charge in [0.1, 0.15) is 0 Å². The first-order valence-corrected chi connectivity index (χ1v) is 6.45. The van der Waals surface area contributed by atoms with Crippen LogP contribution in [0.3, 0.4) is 0 Å². The summed E-state index contributed by atoms with van der Waals surface area (Å²) in [5.74, 6) is -0.0598. The number of ether oxygens (including phenoxy) is 1. The second-order valence-corrected chi connectivity index (χ2v) is 4.71. The van der Waals surface area contributed by atoms with E-state index in [9.17, 15) is 9.90 Å². The predicted octanol–water partition coefficient (Wildman–Crippen LogP) is 0.870. The number of hydrogen-bond acceptors (Lipinski definition) is 4. The maximum atomic E-state index is 12.6. The maximum Gasteiger partial charge on any atom is 0.256 e. The summed E-state index contributed by atoms with van der Waals surface area (Å²) in [6.07, 6.45) is 0. The van der Waals surface area contributed by atoms with Crippen LogP contribution in [-0.2, 0) is 4.74 Å². The number of anilines is 1. The fraction of sp³-hybridized carbons (Fsp3) is 0.500. The second-order valence-electron chi connectivity index (χ2n) is 4.71. The molecule has 0 spiro atoms. The molecule has 5 heteroatoms. The number of carbonyl (C=O) groups excluding carboxylic acids is 1. The van der Waals surface area contributed by atoms with E-state index in [1.807, 2.05) is 25.1 Å². The lowest BCUT2D eigenvalue weighted by molar-refractivity contribution is -0.0183. The first kappa shape index (κ1) is 13.8. The van der Waals surface area contributed by atoms with Crippen LogP contribution in [0.5, 0.6) is 0 Å². The van der Waals surface area contributed by atoms with Crippen LogP contribution in [0.15, 0.2) is 18.2 Å². The number of aliphatic hydroxyl groups excluding tert-OH is 1. The Morgan fingerprint density at radius 2 is 2.37 bits per heavy atom. The number of morpholine rings is 1. The van der Waals surface area contributed by atoms with Crippen molar-refractivity contribution in [3.63, 3.8) is 0 Å². The molecule has 19 heavy (non-hydrogen) atoms. The molecule has 2 rings (SSSR count). The van der Waals surface area contributed by atoms with Crippen molar-refractivity contribution in [3.05, 3.63) is 29.3 Å². The molecule has 0 bridgehead atoms. The molecule has 104 valence electrons. The summed E-state index contributed by atoms with van der Waals surface area (Å²) in [5.41, 5.74) is 2.48. The van der Waals surface area contributed by atoms with Crippen molar-refractivity contribution in [3.8, 4) is 0 Å². The molecule has 0 aliphatic carbocycles. The molecule has 1 aliphatic heterocycles. The summed E-state index contributed by atoms with van der Waals surface area (Å²) in [5, 5.41) is 12.4. The number of benzene rings is 1. The Morgan fingerprint density at radius 3 is 3.05 bits per heavy atom. The van der Waals surface area contributed by atoms with E-state index in [2.05, 4.69) is 5.32 Å². The summed E-state index contributed by atoms with van der Waals surface area (Å²) < 4.78 is 5.30. The molecule has 1 fully saturated rings. The van der Waals surface area contributed by atoms with Crippen LogP contribution in [-0.4, -0.2) is 55.4 Å². The maximum absolute atomic E-state index is 12.6. The summed E-state index contributed by atoms with van der Waals surface area (Å²) in [7, 11) is 1.80. The Kier molecular flexibility index (Phi) is 4.39. The van der Waals surface area contributed by atoms with Gasteiger partial charge in [0.2, 0.25) is 0 Å². The number of aliphatic hydroxyl groups is 1. The lowest BCUT2D eigenvalue weighted by Gasteiger charge is -2.35. The van der Waals surface area contributed by atoms with Gasteiger partial charge in [-0.1, -0.05) is 11.6 Å². The molecule has 1 aromatic carbocycles. The van der Waals surface area contributed by atoms with Gasteiger partial charge in [0.25, 0.3) is 5.91 Å². The number of nitrogens with zero attached hydrogens (tertiary/aromatic N) is 1. The van der Waals surface area contributed by atoms with E-state index in [0.29, 0.717) is 25.3 Å². The molecule has 1 aromatic rings. The molecule has 1 unspecified atom stereocenters. The quantitative estimate of drug-likeness (QED) is 0.850.